The molecule has 3 aliphatic heterocycles. The van der Waals surface area contributed by atoms with Crippen LogP contribution < -0.4 is 14.2 Å². The van der Waals surface area contributed by atoms with Gasteiger partial charge in [-0.05, 0) is 42.4 Å². The Morgan fingerprint density at radius 2 is 1.83 bits per heavy atom. The first-order valence-electron chi connectivity index (χ1n) is 10.8. The van der Waals surface area contributed by atoms with E-state index in [2.05, 4.69) is 35.0 Å². The van der Waals surface area contributed by atoms with Gasteiger partial charge in [0, 0.05) is 37.9 Å². The third-order valence-electron chi connectivity index (χ3n) is 6.72. The summed E-state index contributed by atoms with van der Waals surface area (Å²) in [5.41, 5.74) is 2.96. The van der Waals surface area contributed by atoms with Crippen LogP contribution in [0.2, 0.25) is 0 Å². The zero-order valence-electron chi connectivity index (χ0n) is 17.9. The lowest BCUT2D eigenvalue weighted by Crippen LogP contribution is -2.59. The standard InChI is InChI=1S/C24H29N3O3/c1-4-26-14-12-24(13-15-26)27-21(19-6-5-7-22(29-3)23(19)30-24)16-20(25-27)17-8-10-18(28-2)11-9-17/h5-11,21H,4,12-16H2,1-3H3/t21-/m1/s1. The second-order valence-corrected chi connectivity index (χ2v) is 8.20. The maximum absolute atomic E-state index is 6.76. The Morgan fingerprint density at radius 3 is 2.50 bits per heavy atom. The Labute approximate surface area is 178 Å². The van der Waals surface area contributed by atoms with Crippen molar-refractivity contribution in [3.63, 3.8) is 0 Å². The molecule has 0 saturated carbocycles. The first kappa shape index (κ1) is 19.2. The first-order chi connectivity index (χ1) is 14.7. The Kier molecular flexibility index (Phi) is 4.82. The fourth-order valence-electron chi connectivity index (χ4n) is 4.94. The number of ether oxygens (including phenoxy) is 3. The van der Waals surface area contributed by atoms with Crippen LogP contribution in [0.3, 0.4) is 0 Å². The molecule has 6 nitrogen and oxygen atoms in total. The quantitative estimate of drug-likeness (QED) is 0.765. The minimum absolute atomic E-state index is 0.161. The van der Waals surface area contributed by atoms with Crippen molar-refractivity contribution in [1.82, 2.24) is 9.91 Å². The van der Waals surface area contributed by atoms with Crippen molar-refractivity contribution in [2.75, 3.05) is 33.9 Å². The zero-order valence-corrected chi connectivity index (χ0v) is 17.9. The van der Waals surface area contributed by atoms with Crippen LogP contribution in [0.5, 0.6) is 17.2 Å². The van der Waals surface area contributed by atoms with E-state index in [0.717, 1.165) is 73.0 Å². The van der Waals surface area contributed by atoms with Gasteiger partial charge in [0.1, 0.15) is 5.75 Å². The highest BCUT2D eigenvalue weighted by molar-refractivity contribution is 6.02. The lowest BCUT2D eigenvalue weighted by atomic mass is 9.90. The molecule has 1 fully saturated rings. The van der Waals surface area contributed by atoms with Gasteiger partial charge in [0.25, 0.3) is 0 Å². The molecule has 3 heterocycles. The summed E-state index contributed by atoms with van der Waals surface area (Å²) in [6.45, 7) is 5.31. The van der Waals surface area contributed by atoms with Crippen LogP contribution in [0.25, 0.3) is 0 Å². The second-order valence-electron chi connectivity index (χ2n) is 8.20. The molecule has 3 aliphatic rings. The Morgan fingerprint density at radius 1 is 1.07 bits per heavy atom. The number of rotatable bonds is 4. The summed E-state index contributed by atoms with van der Waals surface area (Å²) in [5, 5.41) is 7.39. The number of benzene rings is 2. The molecule has 0 bridgehead atoms. The summed E-state index contributed by atoms with van der Waals surface area (Å²) in [5.74, 6) is 2.55. The highest BCUT2D eigenvalue weighted by Gasteiger charge is 2.52. The van der Waals surface area contributed by atoms with E-state index in [1.807, 2.05) is 24.3 Å². The van der Waals surface area contributed by atoms with E-state index in [0.29, 0.717) is 0 Å². The van der Waals surface area contributed by atoms with Crippen molar-refractivity contribution in [3.8, 4) is 17.2 Å². The third-order valence-corrected chi connectivity index (χ3v) is 6.72. The minimum Gasteiger partial charge on any atom is -0.497 e. The number of hydrogen-bond acceptors (Lipinski definition) is 6. The molecule has 1 spiro atoms. The van der Waals surface area contributed by atoms with Crippen LogP contribution in [-0.4, -0.2) is 55.2 Å². The normalized spacial score (nSPS) is 22.2. The van der Waals surface area contributed by atoms with Gasteiger partial charge >= 0.3 is 0 Å². The molecule has 0 unspecified atom stereocenters. The number of methoxy groups -OCH3 is 2. The molecule has 6 heteroatoms. The van der Waals surface area contributed by atoms with E-state index < -0.39 is 5.72 Å². The van der Waals surface area contributed by atoms with Crippen LogP contribution >= 0.6 is 0 Å². The van der Waals surface area contributed by atoms with Crippen molar-refractivity contribution in [1.29, 1.82) is 0 Å². The van der Waals surface area contributed by atoms with E-state index >= 15 is 0 Å². The number of likely N-dealkylation sites (tertiary alicyclic amines) is 1. The van der Waals surface area contributed by atoms with Crippen molar-refractivity contribution >= 4 is 5.71 Å². The molecule has 2 aromatic carbocycles. The molecule has 0 amide bonds. The highest BCUT2D eigenvalue weighted by Crippen LogP contribution is 2.52. The molecule has 0 aromatic heterocycles. The number of fused-ring (bicyclic) bond motifs is 4. The van der Waals surface area contributed by atoms with Crippen LogP contribution in [0.15, 0.2) is 47.6 Å². The predicted octanol–water partition coefficient (Wildman–Crippen LogP) is 4.06. The van der Waals surface area contributed by atoms with Gasteiger partial charge < -0.3 is 19.1 Å². The van der Waals surface area contributed by atoms with Gasteiger partial charge in [0.05, 0.1) is 26.0 Å². The van der Waals surface area contributed by atoms with Gasteiger partial charge in [-0.15, -0.1) is 0 Å². The predicted molar refractivity (Wildman–Crippen MR) is 116 cm³/mol. The van der Waals surface area contributed by atoms with Crippen molar-refractivity contribution in [3.05, 3.63) is 53.6 Å². The van der Waals surface area contributed by atoms with Gasteiger partial charge in [0.2, 0.25) is 5.72 Å². The van der Waals surface area contributed by atoms with Gasteiger partial charge in [0.15, 0.2) is 11.5 Å². The van der Waals surface area contributed by atoms with E-state index in [9.17, 15) is 0 Å². The van der Waals surface area contributed by atoms with Crippen LogP contribution in [0.1, 0.15) is 43.4 Å². The molecule has 0 N–H and O–H groups in total. The van der Waals surface area contributed by atoms with E-state index in [1.54, 1.807) is 14.2 Å². The Bertz CT molecular complexity index is 949. The fourth-order valence-corrected chi connectivity index (χ4v) is 4.94. The molecule has 1 atom stereocenters. The molecule has 5 rings (SSSR count). The lowest BCUT2D eigenvalue weighted by Gasteiger charge is -2.51. The molecule has 30 heavy (non-hydrogen) atoms. The number of para-hydroxylation sites is 1. The van der Waals surface area contributed by atoms with Crippen LogP contribution in [-0.2, 0) is 0 Å². The Balaban J connectivity index is 1.55. The average Bonchev–Trinajstić information content (AvgIpc) is 3.26. The Hall–Kier alpha value is -2.73. The summed E-state index contributed by atoms with van der Waals surface area (Å²) >= 11 is 0. The summed E-state index contributed by atoms with van der Waals surface area (Å²) < 4.78 is 17.7. The molecule has 2 aromatic rings. The number of piperidine rings is 1. The third kappa shape index (κ3) is 3.01. The maximum Gasteiger partial charge on any atom is 0.200 e. The van der Waals surface area contributed by atoms with E-state index in [1.165, 1.54) is 0 Å². The highest BCUT2D eigenvalue weighted by atomic mass is 16.5. The monoisotopic (exact) mass is 407 g/mol. The van der Waals surface area contributed by atoms with Gasteiger partial charge in [-0.1, -0.05) is 19.1 Å². The number of hydrogen-bond donors (Lipinski definition) is 0. The van der Waals surface area contributed by atoms with E-state index in [-0.39, 0.29) is 6.04 Å². The van der Waals surface area contributed by atoms with Crippen LogP contribution in [0.4, 0.5) is 0 Å². The molecular formula is C24H29N3O3. The maximum atomic E-state index is 6.76. The van der Waals surface area contributed by atoms with Crippen LogP contribution in [0, 0.1) is 0 Å². The molecule has 1 saturated heterocycles. The second kappa shape index (κ2) is 7.51. The smallest absolute Gasteiger partial charge is 0.200 e. The lowest BCUT2D eigenvalue weighted by molar-refractivity contribution is -0.150. The molecule has 158 valence electrons. The number of hydrazone groups is 1. The summed E-state index contributed by atoms with van der Waals surface area (Å²) in [6.07, 6.45) is 2.71. The SMILES string of the molecule is CCN1CCC2(CC1)Oc1c(OC)cccc1[C@H]1CC(c3ccc(OC)cc3)=NN12. The fraction of sp³-hybridized carbons (Fsp3) is 0.458. The number of nitrogens with zero attached hydrogens (tertiary/aromatic N) is 3. The molecular weight excluding hydrogens is 378 g/mol. The average molecular weight is 408 g/mol. The zero-order chi connectivity index (χ0) is 20.7. The van der Waals surface area contributed by atoms with Gasteiger partial charge in [-0.25, -0.2) is 5.01 Å². The van der Waals surface area contributed by atoms with Gasteiger partial charge in [-0.2, -0.15) is 5.10 Å². The van der Waals surface area contributed by atoms with E-state index in [4.69, 9.17) is 19.3 Å². The molecule has 0 radical (unpaired) electrons. The van der Waals surface area contributed by atoms with Crippen molar-refractivity contribution in [2.45, 2.75) is 38.0 Å². The largest absolute Gasteiger partial charge is 0.497 e. The summed E-state index contributed by atoms with van der Waals surface area (Å²) in [6, 6.07) is 14.5. The molecule has 0 aliphatic carbocycles. The van der Waals surface area contributed by atoms with Gasteiger partial charge in [-0.3, -0.25) is 0 Å². The topological polar surface area (TPSA) is 46.5 Å². The van der Waals surface area contributed by atoms with Crippen molar-refractivity contribution in [2.24, 2.45) is 5.10 Å². The first-order valence-corrected chi connectivity index (χ1v) is 10.8. The minimum atomic E-state index is -0.424. The van der Waals surface area contributed by atoms with Crippen molar-refractivity contribution < 1.29 is 14.2 Å². The summed E-state index contributed by atoms with van der Waals surface area (Å²) in [7, 11) is 3.40. The summed E-state index contributed by atoms with van der Waals surface area (Å²) in [4.78, 5) is 2.48.